The summed E-state index contributed by atoms with van der Waals surface area (Å²) in [5, 5.41) is 11.4. The van der Waals surface area contributed by atoms with E-state index in [4.69, 9.17) is 16.3 Å². The molecule has 0 aliphatic carbocycles. The number of ether oxygens (including phenoxy) is 1. The Hall–Kier alpha value is -2.54. The molecule has 7 nitrogen and oxygen atoms in total. The summed E-state index contributed by atoms with van der Waals surface area (Å²) in [6.45, 7) is 0.420. The molecule has 1 aromatic carbocycles. The summed E-state index contributed by atoms with van der Waals surface area (Å²) in [5.74, 6) is -0.543. The van der Waals surface area contributed by atoms with Crippen molar-refractivity contribution in [2.45, 2.75) is 18.9 Å². The van der Waals surface area contributed by atoms with Crippen LogP contribution < -0.4 is 20.3 Å². The fraction of sp³-hybridized carbons (Fsp3) is 0.312. The molecule has 0 unspecified atom stereocenters. The summed E-state index contributed by atoms with van der Waals surface area (Å²) >= 11 is 6.05. The van der Waals surface area contributed by atoms with Gasteiger partial charge in [0, 0.05) is 12.2 Å². The molecular formula is C16H15ClN3O4-. The molecule has 2 aromatic rings. The molecule has 1 atom stereocenters. The van der Waals surface area contributed by atoms with Gasteiger partial charge in [-0.25, -0.2) is 4.98 Å². The van der Waals surface area contributed by atoms with Crippen LogP contribution in [0.25, 0.3) is 5.69 Å². The van der Waals surface area contributed by atoms with Gasteiger partial charge >= 0.3 is 0 Å². The van der Waals surface area contributed by atoms with Crippen molar-refractivity contribution < 1.29 is 14.6 Å². The molecule has 0 bridgehead atoms. The largest absolute Gasteiger partial charge is 0.548 e. The van der Waals surface area contributed by atoms with Crippen LogP contribution in [0.1, 0.15) is 12.8 Å². The van der Waals surface area contributed by atoms with E-state index >= 15 is 0 Å². The minimum Gasteiger partial charge on any atom is -0.548 e. The van der Waals surface area contributed by atoms with E-state index < -0.39 is 17.6 Å². The Kier molecular flexibility index (Phi) is 4.44. The summed E-state index contributed by atoms with van der Waals surface area (Å²) in [5.41, 5.74) is 0.147. The molecule has 0 spiro atoms. The number of carboxylic acid groups (broad SMARTS) is 1. The second-order valence-corrected chi connectivity index (χ2v) is 5.82. The Morgan fingerprint density at radius 2 is 2.08 bits per heavy atom. The van der Waals surface area contributed by atoms with Gasteiger partial charge in [0.15, 0.2) is 5.82 Å². The van der Waals surface area contributed by atoms with E-state index in [-0.39, 0.29) is 11.0 Å². The van der Waals surface area contributed by atoms with Crippen molar-refractivity contribution in [2.24, 2.45) is 0 Å². The highest BCUT2D eigenvalue weighted by Crippen LogP contribution is 2.23. The van der Waals surface area contributed by atoms with Crippen molar-refractivity contribution in [3.63, 3.8) is 0 Å². The number of nitrogens with zero attached hydrogens (tertiary/aromatic N) is 3. The number of hydrogen-bond donors (Lipinski definition) is 0. The van der Waals surface area contributed by atoms with Gasteiger partial charge in [0.1, 0.15) is 10.9 Å². The highest BCUT2D eigenvalue weighted by molar-refractivity contribution is 6.29. The smallest absolute Gasteiger partial charge is 0.298 e. The van der Waals surface area contributed by atoms with Gasteiger partial charge in [-0.1, -0.05) is 11.6 Å². The Balaban J connectivity index is 2.08. The number of anilines is 1. The average molecular weight is 349 g/mol. The second kappa shape index (κ2) is 6.52. The molecule has 24 heavy (non-hydrogen) atoms. The number of benzene rings is 1. The lowest BCUT2D eigenvalue weighted by Gasteiger charge is -2.26. The first kappa shape index (κ1) is 16.3. The van der Waals surface area contributed by atoms with E-state index in [2.05, 4.69) is 4.98 Å². The second-order valence-electron chi connectivity index (χ2n) is 5.43. The highest BCUT2D eigenvalue weighted by Gasteiger charge is 2.29. The molecule has 2 heterocycles. The van der Waals surface area contributed by atoms with Gasteiger partial charge in [-0.05, 0) is 37.1 Å². The van der Waals surface area contributed by atoms with E-state index in [0.717, 1.165) is 0 Å². The SMILES string of the molecule is COc1ccc(-n2cc(Cl)nc(N3CCC[C@H]3C(=O)[O-])c2=O)cc1. The van der Waals surface area contributed by atoms with E-state index in [9.17, 15) is 14.7 Å². The van der Waals surface area contributed by atoms with Crippen molar-refractivity contribution >= 4 is 23.4 Å². The predicted octanol–water partition coefficient (Wildman–Crippen LogP) is 0.613. The molecule has 1 saturated heterocycles. The molecule has 126 valence electrons. The first-order chi connectivity index (χ1) is 11.5. The fourth-order valence-electron chi connectivity index (χ4n) is 2.84. The van der Waals surface area contributed by atoms with Crippen LogP contribution in [-0.2, 0) is 4.79 Å². The lowest BCUT2D eigenvalue weighted by Crippen LogP contribution is -2.47. The first-order valence-electron chi connectivity index (χ1n) is 7.42. The van der Waals surface area contributed by atoms with Crippen LogP contribution in [0, 0.1) is 0 Å². The molecule has 0 radical (unpaired) electrons. The minimum atomic E-state index is -1.22. The van der Waals surface area contributed by atoms with Crippen molar-refractivity contribution in [1.82, 2.24) is 9.55 Å². The van der Waals surface area contributed by atoms with Gasteiger partial charge in [-0.15, -0.1) is 0 Å². The predicted molar refractivity (Wildman–Crippen MR) is 86.8 cm³/mol. The molecule has 0 N–H and O–H groups in total. The summed E-state index contributed by atoms with van der Waals surface area (Å²) in [6, 6.07) is 5.99. The van der Waals surface area contributed by atoms with Crippen molar-refractivity contribution in [2.75, 3.05) is 18.6 Å². The quantitative estimate of drug-likeness (QED) is 0.804. The molecule has 1 aliphatic rings. The Labute approximate surface area is 143 Å². The maximum atomic E-state index is 12.8. The molecule has 0 amide bonds. The number of methoxy groups -OCH3 is 1. The van der Waals surface area contributed by atoms with Crippen LogP contribution in [0.3, 0.4) is 0 Å². The van der Waals surface area contributed by atoms with Crippen LogP contribution >= 0.6 is 11.6 Å². The van der Waals surface area contributed by atoms with Crippen LogP contribution in [0.5, 0.6) is 5.75 Å². The molecule has 8 heteroatoms. The number of hydrogen-bond acceptors (Lipinski definition) is 6. The van der Waals surface area contributed by atoms with Gasteiger partial charge in [-0.3, -0.25) is 9.36 Å². The molecular weight excluding hydrogens is 334 g/mol. The summed E-state index contributed by atoms with van der Waals surface area (Å²) < 4.78 is 6.44. The Morgan fingerprint density at radius 1 is 1.38 bits per heavy atom. The maximum absolute atomic E-state index is 12.8. The number of rotatable bonds is 4. The van der Waals surface area contributed by atoms with E-state index in [1.165, 1.54) is 15.7 Å². The summed E-state index contributed by atoms with van der Waals surface area (Å²) in [7, 11) is 1.55. The van der Waals surface area contributed by atoms with Gasteiger partial charge in [0.05, 0.1) is 25.3 Å². The normalized spacial score (nSPS) is 17.1. The van der Waals surface area contributed by atoms with Crippen LogP contribution in [0.2, 0.25) is 5.15 Å². The molecule has 1 aliphatic heterocycles. The molecule has 1 aromatic heterocycles. The topological polar surface area (TPSA) is 87.5 Å². The number of carbonyl (C=O) groups is 1. The van der Waals surface area contributed by atoms with Crippen LogP contribution in [-0.4, -0.2) is 35.2 Å². The molecule has 1 fully saturated rings. The third-order valence-corrected chi connectivity index (χ3v) is 4.19. The number of carbonyl (C=O) groups excluding carboxylic acids is 1. The summed E-state index contributed by atoms with van der Waals surface area (Å²) in [6.07, 6.45) is 2.46. The molecule has 0 saturated carbocycles. The third kappa shape index (κ3) is 2.94. The Morgan fingerprint density at radius 3 is 2.71 bits per heavy atom. The first-order valence-corrected chi connectivity index (χ1v) is 7.80. The van der Waals surface area contributed by atoms with Crippen molar-refractivity contribution in [1.29, 1.82) is 0 Å². The zero-order valence-corrected chi connectivity index (χ0v) is 13.7. The van der Waals surface area contributed by atoms with E-state index in [0.29, 0.717) is 30.8 Å². The monoisotopic (exact) mass is 348 g/mol. The van der Waals surface area contributed by atoms with Crippen molar-refractivity contribution in [3.05, 3.63) is 46.0 Å². The van der Waals surface area contributed by atoms with E-state index in [1.54, 1.807) is 31.4 Å². The fourth-order valence-corrected chi connectivity index (χ4v) is 3.02. The highest BCUT2D eigenvalue weighted by atomic mass is 35.5. The van der Waals surface area contributed by atoms with Gasteiger partial charge in [-0.2, -0.15) is 0 Å². The van der Waals surface area contributed by atoms with E-state index in [1.807, 2.05) is 0 Å². The van der Waals surface area contributed by atoms with Crippen LogP contribution in [0.4, 0.5) is 5.82 Å². The van der Waals surface area contributed by atoms with Crippen LogP contribution in [0.15, 0.2) is 35.3 Å². The Bertz CT molecular complexity index is 819. The van der Waals surface area contributed by atoms with Crippen molar-refractivity contribution in [3.8, 4) is 11.4 Å². The van der Waals surface area contributed by atoms with Gasteiger partial charge < -0.3 is 19.5 Å². The number of carboxylic acids is 1. The molecule has 3 rings (SSSR count). The maximum Gasteiger partial charge on any atom is 0.298 e. The number of halogens is 1. The lowest BCUT2D eigenvalue weighted by molar-refractivity contribution is -0.307. The minimum absolute atomic E-state index is 0.0185. The number of aliphatic carboxylic acids is 1. The number of aromatic nitrogens is 2. The third-order valence-electron chi connectivity index (χ3n) is 4.01. The zero-order chi connectivity index (χ0) is 17.3. The zero-order valence-electron chi connectivity index (χ0n) is 12.9. The lowest BCUT2D eigenvalue weighted by atomic mass is 10.2. The summed E-state index contributed by atoms with van der Waals surface area (Å²) in [4.78, 5) is 29.6. The van der Waals surface area contributed by atoms with Gasteiger partial charge in [0.25, 0.3) is 5.56 Å². The van der Waals surface area contributed by atoms with Gasteiger partial charge in [0.2, 0.25) is 0 Å². The average Bonchev–Trinajstić information content (AvgIpc) is 3.06. The standard InChI is InChI=1S/C16H16ClN3O4/c1-24-11-6-4-10(5-7-11)20-9-13(17)18-14(15(20)21)19-8-2-3-12(19)16(22)23/h4-7,9,12H,2-3,8H2,1H3,(H,22,23)/p-1/t12-/m0/s1.